The number of hydrogen-bond acceptors (Lipinski definition) is 3. The van der Waals surface area contributed by atoms with Crippen molar-refractivity contribution in [1.82, 2.24) is 10.6 Å². The average molecular weight is 214 g/mol. The summed E-state index contributed by atoms with van der Waals surface area (Å²) in [6, 6.07) is 0.828. The van der Waals surface area contributed by atoms with Gasteiger partial charge in [-0.25, -0.2) is 0 Å². The van der Waals surface area contributed by atoms with Crippen molar-refractivity contribution in [2.24, 2.45) is 0 Å². The summed E-state index contributed by atoms with van der Waals surface area (Å²) in [4.78, 5) is 0. The molecule has 1 rings (SSSR count). The van der Waals surface area contributed by atoms with E-state index in [-0.39, 0.29) is 6.04 Å². The van der Waals surface area contributed by atoms with Gasteiger partial charge in [0.05, 0.1) is 5.60 Å². The Morgan fingerprint density at radius 1 is 1.27 bits per heavy atom. The first kappa shape index (κ1) is 12.9. The molecule has 1 atom stereocenters. The Hall–Kier alpha value is -0.120. The van der Waals surface area contributed by atoms with Crippen LogP contribution in [0.1, 0.15) is 46.5 Å². The maximum atomic E-state index is 10.5. The molecule has 0 spiro atoms. The van der Waals surface area contributed by atoms with Crippen molar-refractivity contribution in [1.29, 1.82) is 0 Å². The molecule has 1 unspecified atom stereocenters. The van der Waals surface area contributed by atoms with Crippen LogP contribution in [0.5, 0.6) is 0 Å². The van der Waals surface area contributed by atoms with E-state index < -0.39 is 5.60 Å². The van der Waals surface area contributed by atoms with Crippen LogP contribution in [0, 0.1) is 0 Å². The smallest absolute Gasteiger partial charge is 0.0798 e. The van der Waals surface area contributed by atoms with E-state index in [2.05, 4.69) is 31.4 Å². The summed E-state index contributed by atoms with van der Waals surface area (Å²) in [6.07, 6.45) is 4.03. The first-order chi connectivity index (χ1) is 7.12. The maximum Gasteiger partial charge on any atom is 0.0798 e. The highest BCUT2D eigenvalue weighted by atomic mass is 16.3. The minimum Gasteiger partial charge on any atom is -0.388 e. The van der Waals surface area contributed by atoms with Crippen LogP contribution in [-0.4, -0.2) is 35.9 Å². The van der Waals surface area contributed by atoms with Crippen LogP contribution in [0.3, 0.4) is 0 Å². The third kappa shape index (κ3) is 3.44. The molecule has 0 aliphatic heterocycles. The summed E-state index contributed by atoms with van der Waals surface area (Å²) in [7, 11) is 0. The van der Waals surface area contributed by atoms with Crippen molar-refractivity contribution in [3.8, 4) is 0 Å². The standard InChI is InChI=1S/C12H26N2O/c1-4-13-10(3)12(15)8-6-11(7-9-12)14-5-2/h10-11,13-15H,4-9H2,1-3H3. The minimum absolute atomic E-state index is 0.213. The molecule has 3 nitrogen and oxygen atoms in total. The van der Waals surface area contributed by atoms with Gasteiger partial charge in [0, 0.05) is 12.1 Å². The largest absolute Gasteiger partial charge is 0.388 e. The molecule has 1 saturated carbocycles. The quantitative estimate of drug-likeness (QED) is 0.646. The van der Waals surface area contributed by atoms with E-state index in [1.165, 1.54) is 0 Å². The van der Waals surface area contributed by atoms with Crippen LogP contribution < -0.4 is 10.6 Å². The first-order valence-corrected chi connectivity index (χ1v) is 6.31. The van der Waals surface area contributed by atoms with Crippen molar-refractivity contribution in [3.05, 3.63) is 0 Å². The van der Waals surface area contributed by atoms with Crippen molar-refractivity contribution in [2.75, 3.05) is 13.1 Å². The van der Waals surface area contributed by atoms with Gasteiger partial charge in [0.25, 0.3) is 0 Å². The molecule has 0 heterocycles. The van der Waals surface area contributed by atoms with E-state index in [0.29, 0.717) is 6.04 Å². The summed E-state index contributed by atoms with van der Waals surface area (Å²) in [5, 5.41) is 17.3. The minimum atomic E-state index is -0.484. The Labute approximate surface area is 93.6 Å². The third-order valence-corrected chi connectivity index (χ3v) is 3.66. The lowest BCUT2D eigenvalue weighted by Crippen LogP contribution is -2.53. The topological polar surface area (TPSA) is 44.3 Å². The molecule has 1 aliphatic rings. The molecule has 1 fully saturated rings. The zero-order valence-corrected chi connectivity index (χ0v) is 10.3. The lowest BCUT2D eigenvalue weighted by atomic mass is 9.78. The molecule has 1 aliphatic carbocycles. The van der Waals surface area contributed by atoms with Crippen molar-refractivity contribution in [3.63, 3.8) is 0 Å². The average Bonchev–Trinajstić information content (AvgIpc) is 2.22. The zero-order chi connectivity index (χ0) is 11.3. The van der Waals surface area contributed by atoms with E-state index in [4.69, 9.17) is 0 Å². The highest BCUT2D eigenvalue weighted by molar-refractivity contribution is 4.94. The van der Waals surface area contributed by atoms with Crippen molar-refractivity contribution >= 4 is 0 Å². The number of rotatable bonds is 5. The predicted octanol–water partition coefficient (Wildman–Crippen LogP) is 1.27. The van der Waals surface area contributed by atoms with Gasteiger partial charge in [-0.3, -0.25) is 0 Å². The Balaban J connectivity index is 2.39. The second-order valence-corrected chi connectivity index (χ2v) is 4.71. The molecular weight excluding hydrogens is 188 g/mol. The Morgan fingerprint density at radius 2 is 1.87 bits per heavy atom. The molecule has 0 aromatic rings. The monoisotopic (exact) mass is 214 g/mol. The SMILES string of the molecule is CCNC1CCC(O)(C(C)NCC)CC1. The van der Waals surface area contributed by atoms with Crippen LogP contribution in [0.2, 0.25) is 0 Å². The fraction of sp³-hybridized carbons (Fsp3) is 1.00. The second kappa shape index (κ2) is 5.83. The zero-order valence-electron chi connectivity index (χ0n) is 10.3. The van der Waals surface area contributed by atoms with Gasteiger partial charge in [-0.1, -0.05) is 13.8 Å². The van der Waals surface area contributed by atoms with Gasteiger partial charge >= 0.3 is 0 Å². The molecule has 15 heavy (non-hydrogen) atoms. The molecule has 0 bridgehead atoms. The summed E-state index contributed by atoms with van der Waals surface area (Å²) in [6.45, 7) is 8.29. The fourth-order valence-corrected chi connectivity index (χ4v) is 2.54. The van der Waals surface area contributed by atoms with E-state index in [1.807, 2.05) is 0 Å². The van der Waals surface area contributed by atoms with Crippen LogP contribution in [0.4, 0.5) is 0 Å². The van der Waals surface area contributed by atoms with Gasteiger partial charge < -0.3 is 15.7 Å². The summed E-state index contributed by atoms with van der Waals surface area (Å²) >= 11 is 0. The van der Waals surface area contributed by atoms with E-state index in [0.717, 1.165) is 38.8 Å². The van der Waals surface area contributed by atoms with Gasteiger partial charge in [0.1, 0.15) is 0 Å². The summed E-state index contributed by atoms with van der Waals surface area (Å²) in [5.74, 6) is 0. The molecule has 0 aromatic carbocycles. The second-order valence-electron chi connectivity index (χ2n) is 4.71. The number of hydrogen-bond donors (Lipinski definition) is 3. The summed E-state index contributed by atoms with van der Waals surface area (Å²) < 4.78 is 0. The molecule has 3 heteroatoms. The molecule has 0 aromatic heterocycles. The normalized spacial score (nSPS) is 34.0. The van der Waals surface area contributed by atoms with E-state index in [9.17, 15) is 5.11 Å². The number of aliphatic hydroxyl groups is 1. The van der Waals surface area contributed by atoms with Crippen LogP contribution in [0.25, 0.3) is 0 Å². The molecule has 0 radical (unpaired) electrons. The van der Waals surface area contributed by atoms with Crippen LogP contribution in [0.15, 0.2) is 0 Å². The van der Waals surface area contributed by atoms with E-state index in [1.54, 1.807) is 0 Å². The third-order valence-electron chi connectivity index (χ3n) is 3.66. The van der Waals surface area contributed by atoms with Crippen molar-refractivity contribution in [2.45, 2.75) is 64.1 Å². The van der Waals surface area contributed by atoms with Gasteiger partial charge in [-0.15, -0.1) is 0 Å². The fourth-order valence-electron chi connectivity index (χ4n) is 2.54. The first-order valence-electron chi connectivity index (χ1n) is 6.31. The van der Waals surface area contributed by atoms with Crippen molar-refractivity contribution < 1.29 is 5.11 Å². The highest BCUT2D eigenvalue weighted by Crippen LogP contribution is 2.31. The van der Waals surface area contributed by atoms with Gasteiger partial charge in [0.2, 0.25) is 0 Å². The maximum absolute atomic E-state index is 10.5. The predicted molar refractivity (Wildman–Crippen MR) is 64.0 cm³/mol. The van der Waals surface area contributed by atoms with Gasteiger partial charge in [-0.2, -0.15) is 0 Å². The Bertz CT molecular complexity index is 176. The molecule has 0 amide bonds. The van der Waals surface area contributed by atoms with Crippen LogP contribution >= 0.6 is 0 Å². The number of nitrogens with one attached hydrogen (secondary N) is 2. The molecule has 90 valence electrons. The lowest BCUT2D eigenvalue weighted by molar-refractivity contribution is -0.0308. The summed E-state index contributed by atoms with van der Waals surface area (Å²) in [5.41, 5.74) is -0.484. The molecular formula is C12H26N2O. The Morgan fingerprint density at radius 3 is 2.33 bits per heavy atom. The van der Waals surface area contributed by atoms with Crippen LogP contribution in [-0.2, 0) is 0 Å². The number of likely N-dealkylation sites (N-methyl/N-ethyl adjacent to an activating group) is 1. The van der Waals surface area contributed by atoms with E-state index >= 15 is 0 Å². The van der Waals surface area contributed by atoms with Gasteiger partial charge in [-0.05, 0) is 45.7 Å². The molecule has 3 N–H and O–H groups in total. The highest BCUT2D eigenvalue weighted by Gasteiger charge is 2.37. The molecule has 0 saturated heterocycles. The Kier molecular flexibility index (Phi) is 5.03. The van der Waals surface area contributed by atoms with Gasteiger partial charge in [0.15, 0.2) is 0 Å². The lowest BCUT2D eigenvalue weighted by Gasteiger charge is -2.40.